The van der Waals surface area contributed by atoms with Crippen molar-refractivity contribution in [2.75, 3.05) is 32.2 Å². The largest absolute Gasteiger partial charge is 0.495 e. The van der Waals surface area contributed by atoms with Gasteiger partial charge in [-0.3, -0.25) is 19.3 Å². The number of hydrogen-bond donors (Lipinski definition) is 1. The number of amides is 3. The minimum Gasteiger partial charge on any atom is -0.495 e. The van der Waals surface area contributed by atoms with E-state index in [4.69, 9.17) is 14.2 Å². The fourth-order valence-electron chi connectivity index (χ4n) is 3.29. The third-order valence-corrected chi connectivity index (χ3v) is 6.52. The molecule has 3 amide bonds. The van der Waals surface area contributed by atoms with E-state index >= 15 is 0 Å². The predicted molar refractivity (Wildman–Crippen MR) is 136 cm³/mol. The molecule has 1 aliphatic heterocycles. The second-order valence-corrected chi connectivity index (χ2v) is 9.26. The standard InChI is InChI=1S/C24H22BrF3N2O6S/c1-4-35-18-8-13(15(25)11-19(18)36-5-2)9-20-22(32)30(23(33)37-20)12-21(31)29-16-10-14(24(26,27)28)6-7-17(16)34-3/h6-11H,4-5,12H2,1-3H3,(H,29,31)/b20-9-. The fourth-order valence-corrected chi connectivity index (χ4v) is 4.56. The molecule has 1 fully saturated rings. The smallest absolute Gasteiger partial charge is 0.416 e. The summed E-state index contributed by atoms with van der Waals surface area (Å²) in [6, 6.07) is 5.92. The molecule has 198 valence electrons. The Hall–Kier alpha value is -3.19. The van der Waals surface area contributed by atoms with Gasteiger partial charge in [-0.25, -0.2) is 0 Å². The number of carbonyl (C=O) groups excluding carboxylic acids is 3. The summed E-state index contributed by atoms with van der Waals surface area (Å²) in [4.78, 5) is 38.7. The molecule has 0 atom stereocenters. The van der Waals surface area contributed by atoms with Gasteiger partial charge < -0.3 is 19.5 Å². The molecular formula is C24H22BrF3N2O6S. The highest BCUT2D eigenvalue weighted by atomic mass is 79.9. The zero-order valence-corrected chi connectivity index (χ0v) is 22.3. The van der Waals surface area contributed by atoms with Gasteiger partial charge >= 0.3 is 6.18 Å². The molecular weight excluding hydrogens is 581 g/mol. The van der Waals surface area contributed by atoms with Gasteiger partial charge in [0.1, 0.15) is 12.3 Å². The first-order chi connectivity index (χ1) is 17.5. The summed E-state index contributed by atoms with van der Waals surface area (Å²) < 4.78 is 56.0. The van der Waals surface area contributed by atoms with Crippen LogP contribution >= 0.6 is 27.7 Å². The number of carbonyl (C=O) groups is 3. The second-order valence-electron chi connectivity index (χ2n) is 7.42. The maximum atomic E-state index is 13.1. The lowest BCUT2D eigenvalue weighted by Gasteiger charge is -2.16. The van der Waals surface area contributed by atoms with Crippen molar-refractivity contribution >= 4 is 56.5 Å². The van der Waals surface area contributed by atoms with Gasteiger partial charge in [0.15, 0.2) is 11.5 Å². The molecule has 1 aliphatic rings. The Morgan fingerprint density at radius 1 is 1.08 bits per heavy atom. The molecule has 1 saturated heterocycles. The van der Waals surface area contributed by atoms with E-state index in [-0.39, 0.29) is 16.3 Å². The summed E-state index contributed by atoms with van der Waals surface area (Å²) in [5, 5.41) is 1.58. The van der Waals surface area contributed by atoms with Gasteiger partial charge in [-0.2, -0.15) is 13.2 Å². The number of ether oxygens (including phenoxy) is 3. The highest BCUT2D eigenvalue weighted by Crippen LogP contribution is 2.39. The Balaban J connectivity index is 1.80. The number of hydrogen-bond acceptors (Lipinski definition) is 7. The van der Waals surface area contributed by atoms with Gasteiger partial charge in [-0.15, -0.1) is 0 Å². The molecule has 8 nitrogen and oxygen atoms in total. The number of nitrogens with zero attached hydrogens (tertiary/aromatic N) is 1. The minimum absolute atomic E-state index is 0.0131. The van der Waals surface area contributed by atoms with Crippen LogP contribution in [0.25, 0.3) is 6.08 Å². The van der Waals surface area contributed by atoms with Gasteiger partial charge in [0.25, 0.3) is 11.1 Å². The van der Waals surface area contributed by atoms with Crippen LogP contribution in [-0.2, 0) is 15.8 Å². The number of imide groups is 1. The number of alkyl halides is 3. The van der Waals surface area contributed by atoms with Crippen LogP contribution in [0.2, 0.25) is 0 Å². The molecule has 3 rings (SSSR count). The Bertz CT molecular complexity index is 1250. The van der Waals surface area contributed by atoms with Crippen molar-refractivity contribution in [3.8, 4) is 17.2 Å². The molecule has 1 N–H and O–H groups in total. The van der Waals surface area contributed by atoms with Crippen molar-refractivity contribution < 1.29 is 41.8 Å². The molecule has 2 aromatic carbocycles. The molecule has 0 aromatic heterocycles. The summed E-state index contributed by atoms with van der Waals surface area (Å²) in [7, 11) is 1.23. The van der Waals surface area contributed by atoms with E-state index in [2.05, 4.69) is 21.2 Å². The molecule has 0 bridgehead atoms. The quantitative estimate of drug-likeness (QED) is 0.354. The maximum Gasteiger partial charge on any atom is 0.416 e. The molecule has 37 heavy (non-hydrogen) atoms. The van der Waals surface area contributed by atoms with Crippen LogP contribution in [0.15, 0.2) is 39.7 Å². The Morgan fingerprint density at radius 3 is 2.32 bits per heavy atom. The summed E-state index contributed by atoms with van der Waals surface area (Å²) in [5.74, 6) is -0.654. The fraction of sp³-hybridized carbons (Fsp3) is 0.292. The maximum absolute atomic E-state index is 13.1. The molecule has 2 aromatic rings. The molecule has 0 saturated carbocycles. The average Bonchev–Trinajstić information content (AvgIpc) is 3.08. The lowest BCUT2D eigenvalue weighted by Crippen LogP contribution is -2.36. The van der Waals surface area contributed by atoms with Crippen LogP contribution in [0.5, 0.6) is 17.2 Å². The third-order valence-electron chi connectivity index (χ3n) is 4.93. The molecule has 13 heteroatoms. The molecule has 0 radical (unpaired) electrons. The van der Waals surface area contributed by atoms with Gasteiger partial charge in [-0.05, 0) is 67.6 Å². The summed E-state index contributed by atoms with van der Waals surface area (Å²) in [5.41, 5.74) is -0.702. The van der Waals surface area contributed by atoms with E-state index in [9.17, 15) is 27.6 Å². The number of anilines is 1. The minimum atomic E-state index is -4.64. The summed E-state index contributed by atoms with van der Waals surface area (Å²) >= 11 is 4.05. The SMILES string of the molecule is CCOc1cc(Br)c(/C=C2\SC(=O)N(CC(=O)Nc3cc(C(F)(F)F)ccc3OC)C2=O)cc1OCC. The lowest BCUT2D eigenvalue weighted by atomic mass is 10.1. The molecule has 0 spiro atoms. The van der Waals surface area contributed by atoms with E-state index in [1.54, 1.807) is 12.1 Å². The Morgan fingerprint density at radius 2 is 1.73 bits per heavy atom. The summed E-state index contributed by atoms with van der Waals surface area (Å²) in [6.45, 7) is 3.73. The number of nitrogens with one attached hydrogen (secondary N) is 1. The third kappa shape index (κ3) is 6.77. The van der Waals surface area contributed by atoms with Gasteiger partial charge in [0.2, 0.25) is 5.91 Å². The first-order valence-electron chi connectivity index (χ1n) is 10.9. The van der Waals surface area contributed by atoms with Gasteiger partial charge in [0, 0.05) is 4.47 Å². The van der Waals surface area contributed by atoms with Crippen molar-refractivity contribution in [2.24, 2.45) is 0 Å². The van der Waals surface area contributed by atoms with Crippen molar-refractivity contribution in [2.45, 2.75) is 20.0 Å². The zero-order valence-electron chi connectivity index (χ0n) is 19.9. The van der Waals surface area contributed by atoms with E-state index in [1.807, 2.05) is 13.8 Å². The monoisotopic (exact) mass is 602 g/mol. The molecule has 0 aliphatic carbocycles. The van der Waals surface area contributed by atoms with Gasteiger partial charge in [0.05, 0.1) is 36.5 Å². The van der Waals surface area contributed by atoms with Gasteiger partial charge in [-0.1, -0.05) is 15.9 Å². The van der Waals surface area contributed by atoms with Crippen LogP contribution in [0.1, 0.15) is 25.0 Å². The van der Waals surface area contributed by atoms with Crippen LogP contribution in [0.4, 0.5) is 23.7 Å². The van der Waals surface area contributed by atoms with Crippen LogP contribution in [0.3, 0.4) is 0 Å². The number of methoxy groups -OCH3 is 1. The van der Waals surface area contributed by atoms with Crippen molar-refractivity contribution in [3.05, 3.63) is 50.8 Å². The van der Waals surface area contributed by atoms with Crippen molar-refractivity contribution in [3.63, 3.8) is 0 Å². The highest BCUT2D eigenvalue weighted by molar-refractivity contribution is 9.10. The molecule has 0 unspecified atom stereocenters. The second kappa shape index (κ2) is 11.9. The van der Waals surface area contributed by atoms with E-state index < -0.39 is 35.3 Å². The molecule has 1 heterocycles. The van der Waals surface area contributed by atoms with Crippen LogP contribution < -0.4 is 19.5 Å². The topological polar surface area (TPSA) is 94.2 Å². The average molecular weight is 603 g/mol. The first-order valence-corrected chi connectivity index (χ1v) is 12.5. The highest BCUT2D eigenvalue weighted by Gasteiger charge is 2.37. The van der Waals surface area contributed by atoms with E-state index in [1.165, 1.54) is 13.2 Å². The number of halogens is 4. The number of rotatable bonds is 9. The Kier molecular flexibility index (Phi) is 9.13. The van der Waals surface area contributed by atoms with E-state index in [0.29, 0.717) is 57.5 Å². The summed E-state index contributed by atoms with van der Waals surface area (Å²) in [6.07, 6.45) is -3.17. The van der Waals surface area contributed by atoms with E-state index in [0.717, 1.165) is 12.1 Å². The first kappa shape index (κ1) is 28.4. The van der Waals surface area contributed by atoms with Crippen LogP contribution in [-0.4, -0.2) is 48.8 Å². The normalized spacial score (nSPS) is 14.8. The number of benzene rings is 2. The zero-order chi connectivity index (χ0) is 27.3. The van der Waals surface area contributed by atoms with Crippen molar-refractivity contribution in [1.29, 1.82) is 0 Å². The Labute approximate surface area is 223 Å². The predicted octanol–water partition coefficient (Wildman–Crippen LogP) is 5.95. The number of thioether (sulfide) groups is 1. The lowest BCUT2D eigenvalue weighted by molar-refractivity contribution is -0.137. The van der Waals surface area contributed by atoms with Crippen LogP contribution in [0, 0.1) is 0 Å². The van der Waals surface area contributed by atoms with Crippen molar-refractivity contribution in [1.82, 2.24) is 4.90 Å².